The standard InChI is InChI=1S/C11H14FN3O2.2ClH/c12-9-3-8(5-14-6-9)11(16)15-1-2-17-10(4-13)7-15;;/h3,5-6,10H,1-2,4,7,13H2;2*1H. The molecule has 1 unspecified atom stereocenters. The summed E-state index contributed by atoms with van der Waals surface area (Å²) in [5.41, 5.74) is 5.75. The Morgan fingerprint density at radius 2 is 2.26 bits per heavy atom. The Kier molecular flexibility index (Phi) is 7.85. The lowest BCUT2D eigenvalue weighted by atomic mass is 10.2. The lowest BCUT2D eigenvalue weighted by Crippen LogP contribution is -2.48. The van der Waals surface area contributed by atoms with Crippen molar-refractivity contribution < 1.29 is 13.9 Å². The minimum Gasteiger partial charge on any atom is -0.373 e. The van der Waals surface area contributed by atoms with Crippen molar-refractivity contribution in [2.75, 3.05) is 26.2 Å². The van der Waals surface area contributed by atoms with Crippen LogP contribution in [0.4, 0.5) is 4.39 Å². The normalized spacial score (nSPS) is 18.2. The first-order valence-corrected chi connectivity index (χ1v) is 5.42. The molecule has 0 saturated carbocycles. The van der Waals surface area contributed by atoms with E-state index in [1.54, 1.807) is 4.90 Å². The first kappa shape index (κ1) is 18.0. The maximum absolute atomic E-state index is 13.0. The number of carbonyl (C=O) groups excluding carboxylic acids is 1. The summed E-state index contributed by atoms with van der Waals surface area (Å²) in [5, 5.41) is 0. The van der Waals surface area contributed by atoms with E-state index in [1.807, 2.05) is 0 Å². The number of ether oxygens (including phenoxy) is 1. The summed E-state index contributed by atoms with van der Waals surface area (Å²) in [6, 6.07) is 1.18. The largest absolute Gasteiger partial charge is 0.373 e. The first-order valence-electron chi connectivity index (χ1n) is 5.42. The highest BCUT2D eigenvalue weighted by molar-refractivity contribution is 5.94. The molecule has 1 aromatic heterocycles. The van der Waals surface area contributed by atoms with Crippen molar-refractivity contribution in [2.24, 2.45) is 5.73 Å². The van der Waals surface area contributed by atoms with Gasteiger partial charge in [0, 0.05) is 25.8 Å². The van der Waals surface area contributed by atoms with Crippen LogP contribution in [0.25, 0.3) is 0 Å². The maximum Gasteiger partial charge on any atom is 0.255 e. The number of hydrogen-bond acceptors (Lipinski definition) is 4. The van der Waals surface area contributed by atoms with Gasteiger partial charge in [-0.2, -0.15) is 0 Å². The molecular formula is C11H16Cl2FN3O2. The molecule has 1 atom stereocenters. The van der Waals surface area contributed by atoms with E-state index in [1.165, 1.54) is 12.3 Å². The minimum atomic E-state index is -0.514. The molecule has 1 fully saturated rings. The number of aromatic nitrogens is 1. The molecule has 2 rings (SSSR count). The van der Waals surface area contributed by atoms with Gasteiger partial charge in [-0.25, -0.2) is 4.39 Å². The second kappa shape index (κ2) is 8.27. The Balaban J connectivity index is 0.00000162. The number of hydrogen-bond donors (Lipinski definition) is 1. The van der Waals surface area contributed by atoms with Crippen LogP contribution < -0.4 is 5.73 Å². The third kappa shape index (κ3) is 4.58. The zero-order valence-corrected chi connectivity index (χ0v) is 11.8. The van der Waals surface area contributed by atoms with E-state index in [-0.39, 0.29) is 42.4 Å². The first-order chi connectivity index (χ1) is 8.20. The van der Waals surface area contributed by atoms with Crippen LogP contribution in [0, 0.1) is 5.82 Å². The van der Waals surface area contributed by atoms with Crippen LogP contribution >= 0.6 is 24.8 Å². The zero-order chi connectivity index (χ0) is 12.3. The van der Waals surface area contributed by atoms with Gasteiger partial charge in [0.05, 0.1) is 24.5 Å². The van der Waals surface area contributed by atoms with Crippen LogP contribution in [0.1, 0.15) is 10.4 Å². The highest BCUT2D eigenvalue weighted by Gasteiger charge is 2.24. The Morgan fingerprint density at radius 3 is 2.89 bits per heavy atom. The molecule has 0 spiro atoms. The molecule has 5 nitrogen and oxygen atoms in total. The Morgan fingerprint density at radius 1 is 1.53 bits per heavy atom. The van der Waals surface area contributed by atoms with E-state index in [0.29, 0.717) is 26.2 Å². The Bertz CT molecular complexity index is 423. The van der Waals surface area contributed by atoms with Crippen LogP contribution in [-0.2, 0) is 4.74 Å². The number of nitrogens with zero attached hydrogens (tertiary/aromatic N) is 2. The molecule has 1 aliphatic rings. The minimum absolute atomic E-state index is 0. The van der Waals surface area contributed by atoms with E-state index in [4.69, 9.17) is 10.5 Å². The zero-order valence-electron chi connectivity index (χ0n) is 10.1. The summed E-state index contributed by atoms with van der Waals surface area (Å²) in [5.74, 6) is -0.752. The number of halogens is 3. The molecule has 1 saturated heterocycles. The van der Waals surface area contributed by atoms with Gasteiger partial charge in [-0.05, 0) is 6.07 Å². The molecular weight excluding hydrogens is 296 g/mol. The van der Waals surface area contributed by atoms with E-state index in [0.717, 1.165) is 6.20 Å². The summed E-state index contributed by atoms with van der Waals surface area (Å²) in [4.78, 5) is 17.3. The maximum atomic E-state index is 13.0. The topological polar surface area (TPSA) is 68.5 Å². The molecule has 0 radical (unpaired) electrons. The van der Waals surface area contributed by atoms with Crippen LogP contribution in [0.3, 0.4) is 0 Å². The van der Waals surface area contributed by atoms with Crippen molar-refractivity contribution in [1.82, 2.24) is 9.88 Å². The van der Waals surface area contributed by atoms with E-state index >= 15 is 0 Å². The number of rotatable bonds is 2. The average Bonchev–Trinajstić information content (AvgIpc) is 2.38. The van der Waals surface area contributed by atoms with Crippen molar-refractivity contribution in [3.8, 4) is 0 Å². The third-order valence-corrected chi connectivity index (χ3v) is 2.64. The quantitative estimate of drug-likeness (QED) is 0.879. The van der Waals surface area contributed by atoms with Gasteiger partial charge in [0.15, 0.2) is 0 Å². The fourth-order valence-corrected chi connectivity index (χ4v) is 1.76. The summed E-state index contributed by atoms with van der Waals surface area (Å²) in [7, 11) is 0. The molecule has 0 aromatic carbocycles. The van der Waals surface area contributed by atoms with Gasteiger partial charge in [0.25, 0.3) is 5.91 Å². The van der Waals surface area contributed by atoms with Gasteiger partial charge < -0.3 is 15.4 Å². The van der Waals surface area contributed by atoms with Crippen LogP contribution in [-0.4, -0.2) is 48.1 Å². The molecule has 0 bridgehead atoms. The number of pyridine rings is 1. The van der Waals surface area contributed by atoms with E-state index < -0.39 is 5.82 Å². The predicted molar refractivity (Wildman–Crippen MR) is 73.4 cm³/mol. The SMILES string of the molecule is Cl.Cl.NCC1CN(C(=O)c2cncc(F)c2)CCO1. The predicted octanol–water partition coefficient (Wildman–Crippen LogP) is 0.864. The van der Waals surface area contributed by atoms with E-state index in [9.17, 15) is 9.18 Å². The Hall–Kier alpha value is -0.950. The van der Waals surface area contributed by atoms with Gasteiger partial charge in [-0.15, -0.1) is 24.8 Å². The van der Waals surface area contributed by atoms with Gasteiger partial charge in [0.1, 0.15) is 5.82 Å². The second-order valence-electron chi connectivity index (χ2n) is 3.87. The molecule has 2 heterocycles. The van der Waals surface area contributed by atoms with Crippen molar-refractivity contribution in [1.29, 1.82) is 0 Å². The molecule has 1 aromatic rings. The number of morpholine rings is 1. The van der Waals surface area contributed by atoms with Crippen LogP contribution in [0.5, 0.6) is 0 Å². The van der Waals surface area contributed by atoms with Crippen LogP contribution in [0.15, 0.2) is 18.5 Å². The number of amides is 1. The van der Waals surface area contributed by atoms with E-state index in [2.05, 4.69) is 4.98 Å². The lowest BCUT2D eigenvalue weighted by Gasteiger charge is -2.32. The average molecular weight is 312 g/mol. The second-order valence-corrected chi connectivity index (χ2v) is 3.87. The number of carbonyl (C=O) groups is 1. The Labute approximate surface area is 123 Å². The van der Waals surface area contributed by atoms with Crippen molar-refractivity contribution in [3.63, 3.8) is 0 Å². The van der Waals surface area contributed by atoms with Crippen molar-refractivity contribution in [3.05, 3.63) is 29.8 Å². The third-order valence-electron chi connectivity index (χ3n) is 2.64. The number of nitrogens with two attached hydrogens (primary N) is 1. The molecule has 108 valence electrons. The van der Waals surface area contributed by atoms with Gasteiger partial charge in [0.2, 0.25) is 0 Å². The van der Waals surface area contributed by atoms with Crippen molar-refractivity contribution >= 4 is 30.7 Å². The van der Waals surface area contributed by atoms with Crippen LogP contribution in [0.2, 0.25) is 0 Å². The fourth-order valence-electron chi connectivity index (χ4n) is 1.76. The molecule has 1 aliphatic heterocycles. The molecule has 19 heavy (non-hydrogen) atoms. The molecule has 1 amide bonds. The molecule has 2 N–H and O–H groups in total. The molecule has 8 heteroatoms. The summed E-state index contributed by atoms with van der Waals surface area (Å²) in [6.07, 6.45) is 2.28. The van der Waals surface area contributed by atoms with Gasteiger partial charge >= 0.3 is 0 Å². The highest BCUT2D eigenvalue weighted by atomic mass is 35.5. The molecule has 0 aliphatic carbocycles. The lowest BCUT2D eigenvalue weighted by molar-refractivity contribution is -0.0167. The van der Waals surface area contributed by atoms with Gasteiger partial charge in [-0.1, -0.05) is 0 Å². The summed E-state index contributed by atoms with van der Waals surface area (Å²) >= 11 is 0. The monoisotopic (exact) mass is 311 g/mol. The summed E-state index contributed by atoms with van der Waals surface area (Å²) < 4.78 is 18.3. The highest BCUT2D eigenvalue weighted by Crippen LogP contribution is 2.10. The van der Waals surface area contributed by atoms with Crippen molar-refractivity contribution in [2.45, 2.75) is 6.10 Å². The fraction of sp³-hybridized carbons (Fsp3) is 0.455. The summed E-state index contributed by atoms with van der Waals surface area (Å²) in [6.45, 7) is 1.75. The smallest absolute Gasteiger partial charge is 0.255 e. The van der Waals surface area contributed by atoms with Gasteiger partial charge in [-0.3, -0.25) is 9.78 Å².